The number of aromatic carboxylic acids is 1. The minimum absolute atomic E-state index is 0.0508. The van der Waals surface area contributed by atoms with Crippen LogP contribution >= 0.6 is 0 Å². The number of anilines is 3. The fourth-order valence-corrected chi connectivity index (χ4v) is 5.47. The predicted octanol–water partition coefficient (Wildman–Crippen LogP) is 4.69. The van der Waals surface area contributed by atoms with Gasteiger partial charge in [-0.1, -0.05) is 31.2 Å². The summed E-state index contributed by atoms with van der Waals surface area (Å²) in [4.78, 5) is 16.6. The molecule has 7 nitrogen and oxygen atoms in total. The average Bonchev–Trinajstić information content (AvgIpc) is 2.86. The van der Waals surface area contributed by atoms with Gasteiger partial charge in [0.25, 0.3) is 10.0 Å². The number of nitrogens with zero attached hydrogens (tertiary/aromatic N) is 2. The summed E-state index contributed by atoms with van der Waals surface area (Å²) >= 11 is 0. The van der Waals surface area contributed by atoms with E-state index in [4.69, 9.17) is 0 Å². The van der Waals surface area contributed by atoms with Crippen LogP contribution in [0, 0.1) is 13.8 Å². The van der Waals surface area contributed by atoms with Crippen LogP contribution in [0.3, 0.4) is 0 Å². The summed E-state index contributed by atoms with van der Waals surface area (Å²) in [5.74, 6) is -1.18. The van der Waals surface area contributed by atoms with Gasteiger partial charge >= 0.3 is 5.97 Å². The van der Waals surface area contributed by atoms with E-state index in [9.17, 15) is 18.3 Å². The summed E-state index contributed by atoms with van der Waals surface area (Å²) in [5, 5.41) is 9.81. The quantitative estimate of drug-likeness (QED) is 0.496. The number of sulfonamides is 1. The van der Waals surface area contributed by atoms with Gasteiger partial charge in [-0.15, -0.1) is 0 Å². The molecular formula is C27H31N3O4S. The van der Waals surface area contributed by atoms with Gasteiger partial charge in [-0.25, -0.2) is 13.2 Å². The van der Waals surface area contributed by atoms with E-state index < -0.39 is 16.0 Å². The Morgan fingerprint density at radius 3 is 2.23 bits per heavy atom. The molecule has 1 heterocycles. The number of carboxylic acid groups (broad SMARTS) is 1. The molecule has 184 valence electrons. The predicted molar refractivity (Wildman–Crippen MR) is 140 cm³/mol. The van der Waals surface area contributed by atoms with Gasteiger partial charge in [0.1, 0.15) is 0 Å². The van der Waals surface area contributed by atoms with Crippen molar-refractivity contribution in [2.75, 3.05) is 40.7 Å². The third kappa shape index (κ3) is 5.27. The molecule has 3 aromatic carbocycles. The molecule has 0 bridgehead atoms. The van der Waals surface area contributed by atoms with E-state index in [0.29, 0.717) is 0 Å². The average molecular weight is 494 g/mol. The van der Waals surface area contributed by atoms with Gasteiger partial charge in [0.15, 0.2) is 0 Å². The number of carboxylic acids is 1. The summed E-state index contributed by atoms with van der Waals surface area (Å²) in [6.07, 6.45) is 0.803. The van der Waals surface area contributed by atoms with Crippen LogP contribution in [0.1, 0.15) is 34.0 Å². The van der Waals surface area contributed by atoms with Crippen LogP contribution in [0.4, 0.5) is 17.1 Å². The number of nitrogens with one attached hydrogen (secondary N) is 1. The molecule has 1 fully saturated rings. The van der Waals surface area contributed by atoms with Crippen molar-refractivity contribution in [1.29, 1.82) is 0 Å². The first-order chi connectivity index (χ1) is 16.7. The maximum Gasteiger partial charge on any atom is 0.337 e. The van der Waals surface area contributed by atoms with Crippen molar-refractivity contribution in [2.45, 2.75) is 32.1 Å². The minimum Gasteiger partial charge on any atom is -0.478 e. The highest BCUT2D eigenvalue weighted by molar-refractivity contribution is 7.92. The lowest BCUT2D eigenvalue weighted by Gasteiger charge is -2.38. The summed E-state index contributed by atoms with van der Waals surface area (Å²) in [6.45, 7) is 9.34. The molecule has 3 aromatic rings. The monoisotopic (exact) mass is 493 g/mol. The van der Waals surface area contributed by atoms with Crippen LogP contribution in [-0.2, 0) is 16.4 Å². The van der Waals surface area contributed by atoms with Gasteiger partial charge < -0.3 is 14.9 Å². The largest absolute Gasteiger partial charge is 0.478 e. The normalized spacial score (nSPS) is 14.1. The van der Waals surface area contributed by atoms with E-state index in [1.807, 2.05) is 6.92 Å². The molecule has 8 heteroatoms. The van der Waals surface area contributed by atoms with Crippen molar-refractivity contribution >= 4 is 33.1 Å². The summed E-state index contributed by atoms with van der Waals surface area (Å²) < 4.78 is 28.2. The second kappa shape index (κ2) is 10.00. The van der Waals surface area contributed by atoms with Gasteiger partial charge in [0, 0.05) is 37.6 Å². The van der Waals surface area contributed by atoms with E-state index in [2.05, 4.69) is 46.6 Å². The smallest absolute Gasteiger partial charge is 0.337 e. The molecule has 0 amide bonds. The molecular weight excluding hydrogens is 462 g/mol. The zero-order valence-corrected chi connectivity index (χ0v) is 21.1. The maximum atomic E-state index is 12.9. The van der Waals surface area contributed by atoms with Gasteiger partial charge in [-0.05, 0) is 73.4 Å². The highest BCUT2D eigenvalue weighted by Crippen LogP contribution is 2.29. The molecule has 1 aliphatic rings. The van der Waals surface area contributed by atoms with Gasteiger partial charge in [-0.2, -0.15) is 0 Å². The fraction of sp³-hybridized carbons (Fsp3) is 0.296. The second-order valence-electron chi connectivity index (χ2n) is 8.83. The number of rotatable bonds is 7. The number of piperazine rings is 1. The third-order valence-electron chi connectivity index (χ3n) is 6.68. The Hall–Kier alpha value is -3.52. The van der Waals surface area contributed by atoms with Crippen LogP contribution in [-0.4, -0.2) is 45.7 Å². The zero-order chi connectivity index (χ0) is 25.2. The first-order valence-electron chi connectivity index (χ1n) is 11.7. The van der Waals surface area contributed by atoms with Gasteiger partial charge in [0.05, 0.1) is 16.1 Å². The van der Waals surface area contributed by atoms with E-state index >= 15 is 0 Å². The Bertz CT molecular complexity index is 1330. The molecule has 0 atom stereocenters. The van der Waals surface area contributed by atoms with Crippen LogP contribution in [0.25, 0.3) is 0 Å². The highest BCUT2D eigenvalue weighted by atomic mass is 32.2. The van der Waals surface area contributed by atoms with Crippen molar-refractivity contribution in [3.05, 3.63) is 82.9 Å². The Morgan fingerprint density at radius 2 is 1.60 bits per heavy atom. The maximum absolute atomic E-state index is 12.9. The molecule has 2 N–H and O–H groups in total. The van der Waals surface area contributed by atoms with Crippen LogP contribution in [0.15, 0.2) is 65.6 Å². The molecule has 0 radical (unpaired) electrons. The Kier molecular flexibility index (Phi) is 7.03. The lowest BCUT2D eigenvalue weighted by molar-refractivity contribution is 0.0698. The first-order valence-corrected chi connectivity index (χ1v) is 13.2. The number of benzene rings is 3. The number of carbonyl (C=O) groups is 1. The van der Waals surface area contributed by atoms with E-state index in [1.54, 1.807) is 24.3 Å². The molecule has 0 aliphatic carbocycles. The minimum atomic E-state index is -3.91. The number of hydrogen-bond acceptors (Lipinski definition) is 5. The Labute approximate surface area is 207 Å². The lowest BCUT2D eigenvalue weighted by Crippen LogP contribution is -2.46. The van der Waals surface area contributed by atoms with E-state index in [0.717, 1.165) is 43.9 Å². The van der Waals surface area contributed by atoms with Crippen LogP contribution in [0.5, 0.6) is 0 Å². The summed E-state index contributed by atoms with van der Waals surface area (Å²) in [5.41, 5.74) is 5.52. The van der Waals surface area contributed by atoms with Gasteiger partial charge in [-0.3, -0.25) is 4.72 Å². The highest BCUT2D eigenvalue weighted by Gasteiger charge is 2.23. The molecule has 0 saturated carbocycles. The van der Waals surface area contributed by atoms with Crippen molar-refractivity contribution in [3.63, 3.8) is 0 Å². The SMILES string of the molecule is CCc1ccc(S(=O)(=O)Nc2ccc(N3CCN(c4cccc(C)c4C)CC3)cc2C(=O)O)cc1. The van der Waals surface area contributed by atoms with Gasteiger partial charge in [0.2, 0.25) is 0 Å². The Balaban J connectivity index is 1.52. The van der Waals surface area contributed by atoms with Crippen molar-refractivity contribution in [3.8, 4) is 0 Å². The van der Waals surface area contributed by atoms with Crippen molar-refractivity contribution in [1.82, 2.24) is 0 Å². The summed E-state index contributed by atoms with van der Waals surface area (Å²) in [7, 11) is -3.91. The van der Waals surface area contributed by atoms with Crippen LogP contribution in [0.2, 0.25) is 0 Å². The third-order valence-corrected chi connectivity index (χ3v) is 8.06. The number of hydrogen-bond donors (Lipinski definition) is 2. The molecule has 0 aromatic heterocycles. The fourth-order valence-electron chi connectivity index (χ4n) is 4.39. The van der Waals surface area contributed by atoms with E-state index in [1.165, 1.54) is 35.0 Å². The molecule has 1 saturated heterocycles. The molecule has 0 unspecified atom stereocenters. The molecule has 4 rings (SSSR count). The lowest BCUT2D eigenvalue weighted by atomic mass is 10.1. The zero-order valence-electron chi connectivity index (χ0n) is 20.3. The first kappa shape index (κ1) is 24.6. The van der Waals surface area contributed by atoms with Crippen molar-refractivity contribution < 1.29 is 18.3 Å². The standard InChI is InChI=1S/C27H31N3O4S/c1-4-21-8-11-23(12-9-21)35(33,34)28-25-13-10-22(18-24(25)27(31)32)29-14-16-30(17-15-29)26-7-5-6-19(2)20(26)3/h5-13,18,28H,4,14-17H2,1-3H3,(H,31,32). The molecule has 0 spiro atoms. The molecule has 1 aliphatic heterocycles. The Morgan fingerprint density at radius 1 is 0.943 bits per heavy atom. The van der Waals surface area contributed by atoms with Crippen LogP contribution < -0.4 is 14.5 Å². The summed E-state index contributed by atoms with van der Waals surface area (Å²) in [6, 6.07) is 17.8. The topological polar surface area (TPSA) is 90.0 Å². The second-order valence-corrected chi connectivity index (χ2v) is 10.5. The van der Waals surface area contributed by atoms with E-state index in [-0.39, 0.29) is 16.1 Å². The molecule has 35 heavy (non-hydrogen) atoms. The number of aryl methyl sites for hydroxylation is 2. The van der Waals surface area contributed by atoms with Crippen molar-refractivity contribution in [2.24, 2.45) is 0 Å².